The van der Waals surface area contributed by atoms with Crippen LogP contribution in [0.5, 0.6) is 0 Å². The average molecular weight is 275 g/mol. The smallest absolute Gasteiger partial charge is 0.272 e. The number of carbonyl (C=O) groups excluding carboxylic acids is 1. The molecule has 1 aromatic heterocycles. The molecule has 0 bridgehead atoms. The van der Waals surface area contributed by atoms with Crippen LogP contribution in [-0.4, -0.2) is 33.4 Å². The third-order valence-corrected chi connectivity index (χ3v) is 3.90. The Balaban J connectivity index is 1.74. The zero-order valence-electron chi connectivity index (χ0n) is 10.7. The molecule has 2 N–H and O–H groups in total. The SMILES string of the molecule is NC(=S)c1ccc(C(=O)N(CC2CC2)C2CC2)nc1. The van der Waals surface area contributed by atoms with Crippen LogP contribution in [0.15, 0.2) is 18.3 Å². The van der Waals surface area contributed by atoms with E-state index in [9.17, 15) is 4.79 Å². The van der Waals surface area contributed by atoms with Crippen molar-refractivity contribution in [1.82, 2.24) is 9.88 Å². The van der Waals surface area contributed by atoms with Gasteiger partial charge >= 0.3 is 0 Å². The van der Waals surface area contributed by atoms with Crippen molar-refractivity contribution in [2.75, 3.05) is 6.54 Å². The van der Waals surface area contributed by atoms with E-state index < -0.39 is 0 Å². The summed E-state index contributed by atoms with van der Waals surface area (Å²) >= 11 is 4.88. The first-order valence-electron chi connectivity index (χ1n) is 6.72. The van der Waals surface area contributed by atoms with Gasteiger partial charge in [0.15, 0.2) is 0 Å². The van der Waals surface area contributed by atoms with E-state index in [-0.39, 0.29) is 5.91 Å². The van der Waals surface area contributed by atoms with Crippen LogP contribution in [0.4, 0.5) is 0 Å². The maximum atomic E-state index is 12.5. The number of hydrogen-bond donors (Lipinski definition) is 1. The van der Waals surface area contributed by atoms with E-state index in [1.807, 2.05) is 4.90 Å². The van der Waals surface area contributed by atoms with Crippen LogP contribution < -0.4 is 5.73 Å². The van der Waals surface area contributed by atoms with Crippen LogP contribution >= 0.6 is 12.2 Å². The number of amides is 1. The molecule has 3 rings (SSSR count). The molecule has 2 fully saturated rings. The second kappa shape index (κ2) is 4.89. The molecular formula is C14H17N3OS. The minimum Gasteiger partial charge on any atom is -0.389 e. The summed E-state index contributed by atoms with van der Waals surface area (Å²) in [4.78, 5) is 19.0. The van der Waals surface area contributed by atoms with Gasteiger partial charge in [0, 0.05) is 24.3 Å². The van der Waals surface area contributed by atoms with Crippen LogP contribution in [-0.2, 0) is 0 Å². The molecule has 0 saturated heterocycles. The quantitative estimate of drug-likeness (QED) is 0.831. The van der Waals surface area contributed by atoms with Crippen molar-refractivity contribution in [3.8, 4) is 0 Å². The second-order valence-electron chi connectivity index (χ2n) is 5.43. The Morgan fingerprint density at radius 3 is 2.58 bits per heavy atom. The number of aromatic nitrogens is 1. The molecule has 0 radical (unpaired) electrons. The highest BCUT2D eigenvalue weighted by Gasteiger charge is 2.37. The van der Waals surface area contributed by atoms with E-state index in [1.54, 1.807) is 18.3 Å². The Labute approximate surface area is 118 Å². The molecule has 2 aliphatic carbocycles. The van der Waals surface area contributed by atoms with E-state index >= 15 is 0 Å². The Hall–Kier alpha value is -1.49. The minimum absolute atomic E-state index is 0.0453. The van der Waals surface area contributed by atoms with E-state index in [0.717, 1.165) is 19.4 Å². The molecular weight excluding hydrogens is 258 g/mol. The van der Waals surface area contributed by atoms with Crippen molar-refractivity contribution in [3.63, 3.8) is 0 Å². The summed E-state index contributed by atoms with van der Waals surface area (Å²) in [7, 11) is 0. The standard InChI is InChI=1S/C14H17N3OS/c15-13(19)10-3-6-12(16-7-10)14(18)17(11-4-5-11)8-9-1-2-9/h3,6-7,9,11H,1-2,4-5,8H2,(H2,15,19). The molecule has 2 saturated carbocycles. The number of hydrogen-bond acceptors (Lipinski definition) is 3. The maximum Gasteiger partial charge on any atom is 0.272 e. The Bertz CT molecular complexity index is 506. The molecule has 0 aliphatic heterocycles. The zero-order chi connectivity index (χ0) is 13.4. The highest BCUT2D eigenvalue weighted by atomic mass is 32.1. The van der Waals surface area contributed by atoms with Gasteiger partial charge in [0.25, 0.3) is 5.91 Å². The summed E-state index contributed by atoms with van der Waals surface area (Å²) in [5, 5.41) is 0. The van der Waals surface area contributed by atoms with Crippen molar-refractivity contribution in [3.05, 3.63) is 29.6 Å². The molecule has 0 unspecified atom stereocenters. The lowest BCUT2D eigenvalue weighted by Crippen LogP contribution is -2.35. The van der Waals surface area contributed by atoms with E-state index in [4.69, 9.17) is 18.0 Å². The van der Waals surface area contributed by atoms with Crippen molar-refractivity contribution in [2.45, 2.75) is 31.7 Å². The van der Waals surface area contributed by atoms with Crippen LogP contribution in [0.25, 0.3) is 0 Å². The summed E-state index contributed by atoms with van der Waals surface area (Å²) in [5.41, 5.74) is 6.72. The predicted molar refractivity (Wildman–Crippen MR) is 76.9 cm³/mol. The van der Waals surface area contributed by atoms with E-state index in [1.165, 1.54) is 12.8 Å². The molecule has 4 nitrogen and oxygen atoms in total. The molecule has 1 aromatic rings. The van der Waals surface area contributed by atoms with Gasteiger partial charge in [-0.1, -0.05) is 12.2 Å². The fourth-order valence-corrected chi connectivity index (χ4v) is 2.30. The Morgan fingerprint density at radius 2 is 2.11 bits per heavy atom. The zero-order valence-corrected chi connectivity index (χ0v) is 11.5. The first-order chi connectivity index (χ1) is 9.15. The van der Waals surface area contributed by atoms with Crippen LogP contribution in [0.3, 0.4) is 0 Å². The number of pyridine rings is 1. The van der Waals surface area contributed by atoms with Gasteiger partial charge in [0.1, 0.15) is 10.7 Å². The van der Waals surface area contributed by atoms with Gasteiger partial charge in [-0.15, -0.1) is 0 Å². The predicted octanol–water partition coefficient (Wildman–Crippen LogP) is 1.73. The lowest BCUT2D eigenvalue weighted by Gasteiger charge is -2.21. The maximum absolute atomic E-state index is 12.5. The summed E-state index contributed by atoms with van der Waals surface area (Å²) in [6, 6.07) is 3.93. The molecule has 0 aromatic carbocycles. The van der Waals surface area contributed by atoms with Crippen molar-refractivity contribution < 1.29 is 4.79 Å². The first kappa shape index (κ1) is 12.5. The van der Waals surface area contributed by atoms with Gasteiger partial charge in [0.05, 0.1) is 0 Å². The fraction of sp³-hybridized carbons (Fsp3) is 0.500. The fourth-order valence-electron chi connectivity index (χ4n) is 2.18. The first-order valence-corrected chi connectivity index (χ1v) is 7.13. The molecule has 2 aliphatic rings. The van der Waals surface area contributed by atoms with Gasteiger partial charge < -0.3 is 10.6 Å². The number of rotatable bonds is 5. The van der Waals surface area contributed by atoms with Gasteiger partial charge in [-0.3, -0.25) is 9.78 Å². The Kier molecular flexibility index (Phi) is 3.22. The van der Waals surface area contributed by atoms with Gasteiger partial charge in [0.2, 0.25) is 0 Å². The van der Waals surface area contributed by atoms with Gasteiger partial charge in [-0.25, -0.2) is 0 Å². The molecule has 1 amide bonds. The lowest BCUT2D eigenvalue weighted by molar-refractivity contribution is 0.0729. The monoisotopic (exact) mass is 275 g/mol. The molecule has 0 spiro atoms. The van der Waals surface area contributed by atoms with Crippen LogP contribution in [0, 0.1) is 5.92 Å². The third-order valence-electron chi connectivity index (χ3n) is 3.67. The van der Waals surface area contributed by atoms with Crippen LogP contribution in [0.2, 0.25) is 0 Å². The molecule has 19 heavy (non-hydrogen) atoms. The topological polar surface area (TPSA) is 59.2 Å². The van der Waals surface area contributed by atoms with E-state index in [2.05, 4.69) is 4.98 Å². The molecule has 100 valence electrons. The number of nitrogens with zero attached hydrogens (tertiary/aromatic N) is 2. The highest BCUT2D eigenvalue weighted by molar-refractivity contribution is 7.80. The molecule has 5 heteroatoms. The average Bonchev–Trinajstić information content (AvgIpc) is 3.28. The molecule has 1 heterocycles. The number of nitrogens with two attached hydrogens (primary N) is 1. The largest absolute Gasteiger partial charge is 0.389 e. The highest BCUT2D eigenvalue weighted by Crippen LogP contribution is 2.35. The lowest BCUT2D eigenvalue weighted by atomic mass is 10.2. The third kappa shape index (κ3) is 2.92. The number of carbonyl (C=O) groups is 1. The summed E-state index contributed by atoms with van der Waals surface area (Å²) in [6.07, 6.45) is 6.35. The van der Waals surface area contributed by atoms with Crippen molar-refractivity contribution in [1.29, 1.82) is 0 Å². The minimum atomic E-state index is 0.0453. The molecule has 0 atom stereocenters. The Morgan fingerprint density at radius 1 is 1.37 bits per heavy atom. The summed E-state index contributed by atoms with van der Waals surface area (Å²) in [5.74, 6) is 0.754. The summed E-state index contributed by atoms with van der Waals surface area (Å²) < 4.78 is 0. The number of thiocarbonyl (C=S) groups is 1. The van der Waals surface area contributed by atoms with Crippen LogP contribution in [0.1, 0.15) is 41.7 Å². The van der Waals surface area contributed by atoms with Crippen molar-refractivity contribution in [2.24, 2.45) is 11.7 Å². The van der Waals surface area contributed by atoms with Gasteiger partial charge in [-0.05, 0) is 43.7 Å². The second-order valence-corrected chi connectivity index (χ2v) is 5.87. The normalized spacial score (nSPS) is 18.1. The summed E-state index contributed by atoms with van der Waals surface area (Å²) in [6.45, 7) is 0.891. The van der Waals surface area contributed by atoms with Crippen molar-refractivity contribution >= 4 is 23.1 Å². The van der Waals surface area contributed by atoms with E-state index in [0.29, 0.717) is 28.2 Å². The van der Waals surface area contributed by atoms with Gasteiger partial charge in [-0.2, -0.15) is 0 Å².